The summed E-state index contributed by atoms with van der Waals surface area (Å²) in [7, 11) is 0. The number of benzene rings is 1. The van der Waals surface area contributed by atoms with Crippen LogP contribution >= 0.6 is 0 Å². The van der Waals surface area contributed by atoms with E-state index in [4.69, 9.17) is 4.74 Å². The van der Waals surface area contributed by atoms with Crippen LogP contribution in [0, 0.1) is 0 Å². The molecule has 0 unspecified atom stereocenters. The molecule has 1 saturated heterocycles. The van der Waals surface area contributed by atoms with Crippen LogP contribution in [0.2, 0.25) is 0 Å². The van der Waals surface area contributed by atoms with E-state index in [2.05, 4.69) is 20.5 Å². The fourth-order valence-corrected chi connectivity index (χ4v) is 3.24. The summed E-state index contributed by atoms with van der Waals surface area (Å²) in [4.78, 5) is 28.5. The summed E-state index contributed by atoms with van der Waals surface area (Å²) in [5.41, 5.74) is 1.44. The van der Waals surface area contributed by atoms with Crippen molar-refractivity contribution in [2.45, 2.75) is 32.4 Å². The highest BCUT2D eigenvalue weighted by atomic mass is 16.5. The lowest BCUT2D eigenvalue weighted by atomic mass is 10.1. The van der Waals surface area contributed by atoms with Gasteiger partial charge in [-0.05, 0) is 25.8 Å². The van der Waals surface area contributed by atoms with Crippen LogP contribution in [0.3, 0.4) is 0 Å². The number of carbonyl (C=O) groups is 2. The smallest absolute Gasteiger partial charge is 0.248 e. The number of aromatic amines is 1. The van der Waals surface area contributed by atoms with Gasteiger partial charge in [0.05, 0.1) is 0 Å². The maximum Gasteiger partial charge on any atom is 0.248 e. The van der Waals surface area contributed by atoms with Crippen molar-refractivity contribution in [3.8, 4) is 0 Å². The van der Waals surface area contributed by atoms with Crippen LogP contribution in [0.4, 0.5) is 5.95 Å². The number of nitrogens with zero attached hydrogens (tertiary/aromatic N) is 3. The van der Waals surface area contributed by atoms with Gasteiger partial charge >= 0.3 is 0 Å². The van der Waals surface area contributed by atoms with Crippen LogP contribution < -0.4 is 5.32 Å². The Labute approximate surface area is 149 Å². The van der Waals surface area contributed by atoms with E-state index in [0.717, 1.165) is 23.7 Å². The maximum atomic E-state index is 12.4. The molecule has 1 atom stereocenters. The van der Waals surface area contributed by atoms with Crippen LogP contribution in [0.1, 0.15) is 42.1 Å². The van der Waals surface area contributed by atoms with E-state index in [0.29, 0.717) is 18.0 Å². The Hall–Kier alpha value is -3.00. The number of hydrogen-bond donors (Lipinski definition) is 2. The Bertz CT molecular complexity index is 968. The van der Waals surface area contributed by atoms with Crippen LogP contribution in [0.15, 0.2) is 30.5 Å². The Morgan fingerprint density at radius 3 is 3.00 bits per heavy atom. The van der Waals surface area contributed by atoms with Gasteiger partial charge in [-0.2, -0.15) is 4.98 Å². The van der Waals surface area contributed by atoms with Gasteiger partial charge in [0.15, 0.2) is 11.6 Å². The zero-order valence-electron chi connectivity index (χ0n) is 14.4. The molecule has 0 aliphatic carbocycles. The van der Waals surface area contributed by atoms with Crippen LogP contribution in [0.5, 0.6) is 0 Å². The van der Waals surface area contributed by atoms with E-state index in [1.807, 2.05) is 24.3 Å². The largest absolute Gasteiger partial charge is 0.370 e. The Kier molecular flexibility index (Phi) is 4.26. The van der Waals surface area contributed by atoms with E-state index in [9.17, 15) is 9.59 Å². The number of anilines is 1. The zero-order valence-corrected chi connectivity index (χ0v) is 14.4. The van der Waals surface area contributed by atoms with Crippen LogP contribution in [0.25, 0.3) is 10.9 Å². The number of para-hydroxylation sites is 1. The Morgan fingerprint density at radius 2 is 2.23 bits per heavy atom. The molecule has 1 aliphatic rings. The molecule has 2 N–H and O–H groups in total. The van der Waals surface area contributed by atoms with E-state index >= 15 is 0 Å². The minimum atomic E-state index is -0.265. The summed E-state index contributed by atoms with van der Waals surface area (Å²) in [5, 5.41) is 10.4. The number of fused-ring (bicyclic) bond motifs is 1. The first-order valence-corrected chi connectivity index (χ1v) is 8.54. The van der Waals surface area contributed by atoms with Crippen molar-refractivity contribution in [1.82, 2.24) is 19.7 Å². The number of hydrogen-bond acceptors (Lipinski definition) is 5. The molecular weight excluding hydrogens is 334 g/mol. The summed E-state index contributed by atoms with van der Waals surface area (Å²) in [6, 6.07) is 7.52. The van der Waals surface area contributed by atoms with Crippen molar-refractivity contribution >= 4 is 28.5 Å². The Morgan fingerprint density at radius 1 is 1.38 bits per heavy atom. The average Bonchev–Trinajstić information content (AvgIpc) is 3.34. The first kappa shape index (κ1) is 16.5. The van der Waals surface area contributed by atoms with Gasteiger partial charge in [0.1, 0.15) is 12.6 Å². The molecule has 26 heavy (non-hydrogen) atoms. The molecule has 4 rings (SSSR count). The molecule has 1 fully saturated rings. The highest BCUT2D eigenvalue weighted by Gasteiger charge is 2.22. The molecule has 3 heterocycles. The van der Waals surface area contributed by atoms with Gasteiger partial charge in [-0.15, -0.1) is 5.10 Å². The molecule has 8 heteroatoms. The molecular formula is C18H19N5O3. The molecule has 2 aromatic heterocycles. The molecule has 0 saturated carbocycles. The van der Waals surface area contributed by atoms with Gasteiger partial charge in [-0.25, -0.2) is 0 Å². The van der Waals surface area contributed by atoms with Gasteiger partial charge < -0.3 is 9.30 Å². The minimum absolute atomic E-state index is 0.0319. The predicted molar refractivity (Wildman–Crippen MR) is 94.9 cm³/mol. The molecule has 0 bridgehead atoms. The highest BCUT2D eigenvalue weighted by Crippen LogP contribution is 2.26. The topological polar surface area (TPSA) is 102 Å². The third-order valence-corrected chi connectivity index (χ3v) is 4.47. The quantitative estimate of drug-likeness (QED) is 0.686. The first-order valence-electron chi connectivity index (χ1n) is 8.54. The van der Waals surface area contributed by atoms with Gasteiger partial charge in [0.25, 0.3) is 0 Å². The number of rotatable bonds is 5. The number of nitrogens with one attached hydrogen (secondary N) is 2. The van der Waals surface area contributed by atoms with E-state index in [1.165, 1.54) is 6.92 Å². The number of Topliss-reactive ketones (excluding diaryl/α,β-unsaturated/α-hetero) is 1. The van der Waals surface area contributed by atoms with Crippen molar-refractivity contribution in [2.75, 3.05) is 11.9 Å². The molecule has 0 spiro atoms. The number of ether oxygens (including phenoxy) is 1. The van der Waals surface area contributed by atoms with Gasteiger partial charge in [-0.1, -0.05) is 18.2 Å². The lowest BCUT2D eigenvalue weighted by Gasteiger charge is -2.05. The van der Waals surface area contributed by atoms with Gasteiger partial charge in [0.2, 0.25) is 11.9 Å². The second-order valence-corrected chi connectivity index (χ2v) is 6.34. The van der Waals surface area contributed by atoms with Crippen molar-refractivity contribution in [3.63, 3.8) is 0 Å². The fraction of sp³-hybridized carbons (Fsp3) is 0.333. The second kappa shape index (κ2) is 6.72. The van der Waals surface area contributed by atoms with Crippen molar-refractivity contribution in [3.05, 3.63) is 41.9 Å². The molecule has 1 amide bonds. The number of ketones is 1. The predicted octanol–water partition coefficient (Wildman–Crippen LogP) is 2.45. The highest BCUT2D eigenvalue weighted by molar-refractivity contribution is 6.07. The molecule has 3 aromatic rings. The van der Waals surface area contributed by atoms with E-state index in [-0.39, 0.29) is 30.3 Å². The SMILES string of the molecule is CC(=O)c1cn(CC(=O)Nc2n[nH]c([C@@H]3CCCO3)n2)c2ccccc12. The third-order valence-electron chi connectivity index (χ3n) is 4.47. The third kappa shape index (κ3) is 3.11. The molecule has 0 radical (unpaired) electrons. The summed E-state index contributed by atoms with van der Waals surface area (Å²) < 4.78 is 7.30. The fourth-order valence-electron chi connectivity index (χ4n) is 3.24. The number of aromatic nitrogens is 4. The lowest BCUT2D eigenvalue weighted by Crippen LogP contribution is -2.19. The summed E-state index contributed by atoms with van der Waals surface area (Å²) >= 11 is 0. The van der Waals surface area contributed by atoms with Crippen LogP contribution in [-0.2, 0) is 16.1 Å². The minimum Gasteiger partial charge on any atom is -0.370 e. The summed E-state index contributed by atoms with van der Waals surface area (Å²) in [6.45, 7) is 2.30. The monoisotopic (exact) mass is 353 g/mol. The van der Waals surface area contributed by atoms with Crippen molar-refractivity contribution < 1.29 is 14.3 Å². The normalized spacial score (nSPS) is 16.9. The number of carbonyl (C=O) groups excluding carboxylic acids is 2. The second-order valence-electron chi connectivity index (χ2n) is 6.34. The molecule has 134 valence electrons. The van der Waals surface area contributed by atoms with Gasteiger partial charge in [0, 0.05) is 29.3 Å². The Balaban J connectivity index is 1.50. The zero-order chi connectivity index (χ0) is 18.1. The summed E-state index contributed by atoms with van der Waals surface area (Å²) in [5.74, 6) is 0.557. The van der Waals surface area contributed by atoms with E-state index < -0.39 is 0 Å². The maximum absolute atomic E-state index is 12.4. The number of H-pyrrole nitrogens is 1. The van der Waals surface area contributed by atoms with Crippen molar-refractivity contribution in [1.29, 1.82) is 0 Å². The standard InChI is InChI=1S/C18H19N5O3/c1-11(24)13-9-23(14-6-3-2-5-12(13)14)10-16(25)19-18-20-17(21-22-18)15-7-4-8-26-15/h2-3,5-6,9,15H,4,7-8,10H2,1H3,(H2,19,20,21,22,25)/t15-/m0/s1. The van der Waals surface area contributed by atoms with Crippen molar-refractivity contribution in [2.24, 2.45) is 0 Å². The number of amides is 1. The molecule has 1 aliphatic heterocycles. The molecule has 8 nitrogen and oxygen atoms in total. The average molecular weight is 353 g/mol. The van der Waals surface area contributed by atoms with Crippen LogP contribution in [-0.4, -0.2) is 38.0 Å². The van der Waals surface area contributed by atoms with Gasteiger partial charge in [-0.3, -0.25) is 20.0 Å². The molecule has 1 aromatic carbocycles. The lowest BCUT2D eigenvalue weighted by molar-refractivity contribution is -0.116. The first-order chi connectivity index (χ1) is 12.6. The van der Waals surface area contributed by atoms with E-state index in [1.54, 1.807) is 10.8 Å². The summed E-state index contributed by atoms with van der Waals surface area (Å²) in [6.07, 6.45) is 3.51.